The molecule has 0 fully saturated rings. The van der Waals surface area contributed by atoms with E-state index < -0.39 is 0 Å². The molecular weight excluding hydrogens is 166 g/mol. The number of carbonyl (C=O) groups is 1. The minimum absolute atomic E-state index is 0.233. The highest BCUT2D eigenvalue weighted by Crippen LogP contribution is 2.01. The quantitative estimate of drug-likeness (QED) is 0.458. The van der Waals surface area contributed by atoms with Gasteiger partial charge in [0.1, 0.15) is 6.04 Å². The molecule has 0 amide bonds. The van der Waals surface area contributed by atoms with Crippen molar-refractivity contribution in [3.8, 4) is 0 Å². The lowest BCUT2D eigenvalue weighted by molar-refractivity contribution is -0.145. The number of rotatable bonds is 6. The Balaban J connectivity index is 4.24. The number of ether oxygens (including phenoxy) is 1. The second kappa shape index (κ2) is 6.43. The summed E-state index contributed by atoms with van der Waals surface area (Å²) in [4.78, 5) is 13.1. The molecule has 0 aliphatic rings. The number of methoxy groups -OCH3 is 1. The predicted molar refractivity (Wildman–Crippen MR) is 53.4 cm³/mol. The summed E-state index contributed by atoms with van der Waals surface area (Å²) in [6, 6.07) is -0.249. The number of hydrogen-bond acceptors (Lipinski definition) is 3. The van der Waals surface area contributed by atoms with Crippen molar-refractivity contribution in [1.29, 1.82) is 0 Å². The van der Waals surface area contributed by atoms with E-state index >= 15 is 0 Å². The van der Waals surface area contributed by atoms with Crippen LogP contribution in [0, 0.1) is 0 Å². The van der Waals surface area contributed by atoms with Crippen molar-refractivity contribution in [2.45, 2.75) is 13.0 Å². The third kappa shape index (κ3) is 3.90. The number of hydrogen-bond donors (Lipinski definition) is 0. The second-order valence-electron chi connectivity index (χ2n) is 2.73. The zero-order valence-electron chi connectivity index (χ0n) is 8.32. The molecule has 0 saturated heterocycles. The van der Waals surface area contributed by atoms with Gasteiger partial charge in [-0.1, -0.05) is 12.2 Å². The van der Waals surface area contributed by atoms with Crippen molar-refractivity contribution >= 4 is 5.97 Å². The first-order valence-corrected chi connectivity index (χ1v) is 4.21. The third-order valence-electron chi connectivity index (χ3n) is 1.82. The van der Waals surface area contributed by atoms with Crippen LogP contribution in [0.3, 0.4) is 0 Å². The van der Waals surface area contributed by atoms with Gasteiger partial charge >= 0.3 is 5.97 Å². The Morgan fingerprint density at radius 3 is 2.23 bits per heavy atom. The maximum atomic E-state index is 11.2. The maximum Gasteiger partial charge on any atom is 0.322 e. The van der Waals surface area contributed by atoms with E-state index in [0.717, 1.165) is 0 Å². The molecule has 0 aliphatic carbocycles. The minimum atomic E-state index is -0.249. The molecule has 0 aromatic carbocycles. The highest BCUT2D eigenvalue weighted by atomic mass is 16.5. The van der Waals surface area contributed by atoms with E-state index in [-0.39, 0.29) is 12.0 Å². The first-order valence-electron chi connectivity index (χ1n) is 4.21. The summed E-state index contributed by atoms with van der Waals surface area (Å²) in [7, 11) is 1.39. The molecule has 0 bridgehead atoms. The summed E-state index contributed by atoms with van der Waals surface area (Å²) in [6.07, 6.45) is 3.51. The van der Waals surface area contributed by atoms with E-state index in [1.165, 1.54) is 7.11 Å². The predicted octanol–water partition coefficient (Wildman–Crippen LogP) is 1.22. The lowest BCUT2D eigenvalue weighted by Gasteiger charge is -2.24. The van der Waals surface area contributed by atoms with Crippen molar-refractivity contribution in [3.63, 3.8) is 0 Å². The van der Waals surface area contributed by atoms with Crippen LogP contribution < -0.4 is 0 Å². The Labute approximate surface area is 79.7 Å². The minimum Gasteiger partial charge on any atom is -0.468 e. The molecule has 0 radical (unpaired) electrons. The van der Waals surface area contributed by atoms with Crippen LogP contribution in [0.25, 0.3) is 0 Å². The SMILES string of the molecule is C=CCN(CC=C)[C@@H](C)C(=O)OC. The zero-order valence-corrected chi connectivity index (χ0v) is 8.32. The molecule has 0 saturated carbocycles. The fraction of sp³-hybridized carbons (Fsp3) is 0.500. The topological polar surface area (TPSA) is 29.5 Å². The van der Waals surface area contributed by atoms with Crippen molar-refractivity contribution in [2.24, 2.45) is 0 Å². The summed E-state index contributed by atoms with van der Waals surface area (Å²) in [6.45, 7) is 10.4. The molecule has 74 valence electrons. The van der Waals surface area contributed by atoms with Crippen LogP contribution in [0.2, 0.25) is 0 Å². The molecule has 0 rings (SSSR count). The summed E-state index contributed by atoms with van der Waals surface area (Å²) in [5.74, 6) is -0.233. The van der Waals surface area contributed by atoms with Crippen LogP contribution in [0.4, 0.5) is 0 Å². The van der Waals surface area contributed by atoms with Gasteiger partial charge in [0.2, 0.25) is 0 Å². The van der Waals surface area contributed by atoms with Crippen LogP contribution in [0.5, 0.6) is 0 Å². The lowest BCUT2D eigenvalue weighted by Crippen LogP contribution is -2.39. The van der Waals surface area contributed by atoms with Gasteiger partial charge in [-0.05, 0) is 6.92 Å². The monoisotopic (exact) mass is 183 g/mol. The molecule has 0 heterocycles. The smallest absolute Gasteiger partial charge is 0.322 e. The van der Waals surface area contributed by atoms with Crippen LogP contribution in [-0.4, -0.2) is 37.1 Å². The molecule has 0 aromatic rings. The standard InChI is InChI=1S/C10H17NO2/c1-5-7-11(8-6-2)9(3)10(12)13-4/h5-6,9H,1-2,7-8H2,3-4H3/t9-/m0/s1. The first kappa shape index (κ1) is 11.9. The highest BCUT2D eigenvalue weighted by molar-refractivity contribution is 5.75. The fourth-order valence-corrected chi connectivity index (χ4v) is 1.04. The van der Waals surface area contributed by atoms with Crippen molar-refractivity contribution in [1.82, 2.24) is 4.90 Å². The van der Waals surface area contributed by atoms with Gasteiger partial charge in [-0.15, -0.1) is 13.2 Å². The van der Waals surface area contributed by atoms with Gasteiger partial charge in [0, 0.05) is 13.1 Å². The molecule has 0 N–H and O–H groups in total. The lowest BCUT2D eigenvalue weighted by atomic mass is 10.2. The van der Waals surface area contributed by atoms with Crippen LogP contribution in [0.1, 0.15) is 6.92 Å². The molecule has 0 aliphatic heterocycles. The van der Waals surface area contributed by atoms with Gasteiger partial charge < -0.3 is 4.74 Å². The third-order valence-corrected chi connectivity index (χ3v) is 1.82. The van der Waals surface area contributed by atoms with Crippen molar-refractivity contribution < 1.29 is 9.53 Å². The van der Waals surface area contributed by atoms with Gasteiger partial charge in [0.15, 0.2) is 0 Å². The molecule has 3 nitrogen and oxygen atoms in total. The normalized spacial score (nSPS) is 12.2. The van der Waals surface area contributed by atoms with Gasteiger partial charge in [-0.25, -0.2) is 0 Å². The van der Waals surface area contributed by atoms with E-state index in [1.807, 2.05) is 4.90 Å². The van der Waals surface area contributed by atoms with Crippen LogP contribution >= 0.6 is 0 Å². The zero-order chi connectivity index (χ0) is 10.3. The molecular formula is C10H17NO2. The number of nitrogens with zero attached hydrogens (tertiary/aromatic N) is 1. The van der Waals surface area contributed by atoms with Gasteiger partial charge in [0.25, 0.3) is 0 Å². The second-order valence-corrected chi connectivity index (χ2v) is 2.73. The van der Waals surface area contributed by atoms with E-state index in [2.05, 4.69) is 17.9 Å². The molecule has 0 spiro atoms. The summed E-state index contributed by atoms with van der Waals surface area (Å²) in [5, 5.41) is 0. The number of esters is 1. The Bertz CT molecular complexity index is 179. The molecule has 1 atom stereocenters. The molecule has 13 heavy (non-hydrogen) atoms. The highest BCUT2D eigenvalue weighted by Gasteiger charge is 2.19. The largest absolute Gasteiger partial charge is 0.468 e. The molecule has 0 aromatic heterocycles. The van der Waals surface area contributed by atoms with Crippen LogP contribution in [-0.2, 0) is 9.53 Å². The van der Waals surface area contributed by atoms with Crippen molar-refractivity contribution in [3.05, 3.63) is 25.3 Å². The van der Waals surface area contributed by atoms with Gasteiger partial charge in [0.05, 0.1) is 7.11 Å². The average molecular weight is 183 g/mol. The summed E-state index contributed by atoms with van der Waals surface area (Å²) in [5.41, 5.74) is 0. The Kier molecular flexibility index (Phi) is 5.89. The van der Waals surface area contributed by atoms with Gasteiger partial charge in [-0.2, -0.15) is 0 Å². The Morgan fingerprint density at radius 2 is 1.92 bits per heavy atom. The first-order chi connectivity index (χ1) is 6.17. The maximum absolute atomic E-state index is 11.2. The summed E-state index contributed by atoms with van der Waals surface area (Å²) >= 11 is 0. The van der Waals surface area contributed by atoms with E-state index in [1.54, 1.807) is 19.1 Å². The van der Waals surface area contributed by atoms with Gasteiger partial charge in [-0.3, -0.25) is 9.69 Å². The van der Waals surface area contributed by atoms with Crippen molar-refractivity contribution in [2.75, 3.05) is 20.2 Å². The Hall–Kier alpha value is -1.09. The van der Waals surface area contributed by atoms with E-state index in [4.69, 9.17) is 0 Å². The Morgan fingerprint density at radius 1 is 1.46 bits per heavy atom. The van der Waals surface area contributed by atoms with Crippen LogP contribution in [0.15, 0.2) is 25.3 Å². The van der Waals surface area contributed by atoms with E-state index in [9.17, 15) is 4.79 Å². The fourth-order valence-electron chi connectivity index (χ4n) is 1.04. The van der Waals surface area contributed by atoms with E-state index in [0.29, 0.717) is 13.1 Å². The number of carbonyl (C=O) groups excluding carboxylic acids is 1. The average Bonchev–Trinajstić information content (AvgIpc) is 2.15. The summed E-state index contributed by atoms with van der Waals surface area (Å²) < 4.78 is 4.64. The molecule has 0 unspecified atom stereocenters. The molecule has 3 heteroatoms.